The Balaban J connectivity index is 1.61. The molecule has 6 nitrogen and oxygen atoms in total. The number of urea groups is 1. The van der Waals surface area contributed by atoms with Gasteiger partial charge in [0.15, 0.2) is 0 Å². The molecule has 0 bridgehead atoms. The van der Waals surface area contributed by atoms with Gasteiger partial charge in [-0.3, -0.25) is 14.5 Å². The van der Waals surface area contributed by atoms with Crippen LogP contribution in [0, 0.1) is 0 Å². The average molecular weight is 327 g/mol. The number of carbonyl (C=O) groups excluding carboxylic acids is 3. The lowest BCUT2D eigenvalue weighted by atomic mass is 9.87. The Labute approximate surface area is 141 Å². The van der Waals surface area contributed by atoms with Crippen molar-refractivity contribution in [3.63, 3.8) is 0 Å². The van der Waals surface area contributed by atoms with E-state index in [0.29, 0.717) is 32.5 Å². The first-order chi connectivity index (χ1) is 11.6. The standard InChI is InChI=1S/C18H21N3O3/c1-2-21-16(23)18(19-17(21)24)10-12-20(13-11-18)15(22)9-8-14-6-4-3-5-7-14/h3-9H,2,10-13H2,1H3,(H,19,24). The van der Waals surface area contributed by atoms with Crippen molar-refractivity contribution in [2.24, 2.45) is 0 Å². The Morgan fingerprint density at radius 2 is 1.88 bits per heavy atom. The Morgan fingerprint density at radius 3 is 2.46 bits per heavy atom. The van der Waals surface area contributed by atoms with Crippen molar-refractivity contribution >= 4 is 23.9 Å². The number of nitrogens with one attached hydrogen (secondary N) is 1. The molecule has 0 aliphatic carbocycles. The summed E-state index contributed by atoms with van der Waals surface area (Å²) in [5, 5.41) is 2.82. The van der Waals surface area contributed by atoms with Crippen LogP contribution in [-0.4, -0.2) is 52.8 Å². The van der Waals surface area contributed by atoms with Crippen molar-refractivity contribution < 1.29 is 14.4 Å². The van der Waals surface area contributed by atoms with Gasteiger partial charge in [-0.15, -0.1) is 0 Å². The fraction of sp³-hybridized carbons (Fsp3) is 0.389. The highest BCUT2D eigenvalue weighted by molar-refractivity contribution is 6.07. The van der Waals surface area contributed by atoms with Crippen LogP contribution in [-0.2, 0) is 9.59 Å². The molecule has 6 heteroatoms. The number of carbonyl (C=O) groups is 3. The van der Waals surface area contributed by atoms with E-state index in [1.165, 1.54) is 4.90 Å². The first-order valence-electron chi connectivity index (χ1n) is 8.22. The van der Waals surface area contributed by atoms with E-state index in [-0.39, 0.29) is 17.8 Å². The SMILES string of the molecule is CCN1C(=O)NC2(CCN(C(=O)C=Cc3ccccc3)CC2)C1=O. The van der Waals surface area contributed by atoms with E-state index in [1.54, 1.807) is 24.0 Å². The molecule has 0 radical (unpaired) electrons. The fourth-order valence-corrected chi connectivity index (χ4v) is 3.25. The number of nitrogens with zero attached hydrogens (tertiary/aromatic N) is 2. The molecule has 1 N–H and O–H groups in total. The van der Waals surface area contributed by atoms with Gasteiger partial charge in [0.05, 0.1) is 0 Å². The second-order valence-corrected chi connectivity index (χ2v) is 6.13. The molecular weight excluding hydrogens is 306 g/mol. The van der Waals surface area contributed by atoms with Crippen LogP contribution in [0.25, 0.3) is 6.08 Å². The summed E-state index contributed by atoms with van der Waals surface area (Å²) >= 11 is 0. The van der Waals surface area contributed by atoms with E-state index in [4.69, 9.17) is 0 Å². The third-order valence-electron chi connectivity index (χ3n) is 4.71. The van der Waals surface area contributed by atoms with E-state index >= 15 is 0 Å². The lowest BCUT2D eigenvalue weighted by Gasteiger charge is -2.36. The van der Waals surface area contributed by atoms with E-state index < -0.39 is 5.54 Å². The molecule has 24 heavy (non-hydrogen) atoms. The number of benzene rings is 1. The molecule has 0 saturated carbocycles. The van der Waals surface area contributed by atoms with Crippen LogP contribution < -0.4 is 5.32 Å². The van der Waals surface area contributed by atoms with Crippen LogP contribution in [0.5, 0.6) is 0 Å². The van der Waals surface area contributed by atoms with Gasteiger partial charge in [-0.25, -0.2) is 4.79 Å². The van der Waals surface area contributed by atoms with Crippen molar-refractivity contribution in [1.29, 1.82) is 0 Å². The largest absolute Gasteiger partial charge is 0.339 e. The quantitative estimate of drug-likeness (QED) is 0.678. The molecule has 1 spiro atoms. The summed E-state index contributed by atoms with van der Waals surface area (Å²) in [6.07, 6.45) is 4.26. The lowest BCUT2D eigenvalue weighted by Crippen LogP contribution is -2.55. The Hall–Kier alpha value is -2.63. The Morgan fingerprint density at radius 1 is 1.21 bits per heavy atom. The van der Waals surface area contributed by atoms with E-state index in [9.17, 15) is 14.4 Å². The highest BCUT2D eigenvalue weighted by Crippen LogP contribution is 2.29. The molecule has 4 amide bonds. The summed E-state index contributed by atoms with van der Waals surface area (Å²) in [5.41, 5.74) is 0.142. The normalized spacial score (nSPS) is 20.0. The topological polar surface area (TPSA) is 69.7 Å². The van der Waals surface area contributed by atoms with Crippen LogP contribution in [0.3, 0.4) is 0 Å². The second kappa shape index (κ2) is 6.47. The smallest absolute Gasteiger partial charge is 0.325 e. The maximum Gasteiger partial charge on any atom is 0.325 e. The predicted molar refractivity (Wildman–Crippen MR) is 89.9 cm³/mol. The summed E-state index contributed by atoms with van der Waals surface area (Å²) in [7, 11) is 0. The summed E-state index contributed by atoms with van der Waals surface area (Å²) in [6, 6.07) is 9.30. The fourth-order valence-electron chi connectivity index (χ4n) is 3.25. The Bertz CT molecular complexity index is 676. The minimum Gasteiger partial charge on any atom is -0.339 e. The zero-order chi connectivity index (χ0) is 17.2. The number of hydrogen-bond acceptors (Lipinski definition) is 3. The van der Waals surface area contributed by atoms with Gasteiger partial charge >= 0.3 is 6.03 Å². The maximum absolute atomic E-state index is 12.4. The van der Waals surface area contributed by atoms with Crippen molar-refractivity contribution in [3.05, 3.63) is 42.0 Å². The van der Waals surface area contributed by atoms with Crippen LogP contribution >= 0.6 is 0 Å². The van der Waals surface area contributed by atoms with Gasteiger partial charge in [-0.2, -0.15) is 0 Å². The van der Waals surface area contributed by atoms with Crippen molar-refractivity contribution in [3.8, 4) is 0 Å². The van der Waals surface area contributed by atoms with Crippen molar-refractivity contribution in [1.82, 2.24) is 15.1 Å². The number of rotatable bonds is 3. The van der Waals surface area contributed by atoms with Crippen LogP contribution in [0.4, 0.5) is 4.79 Å². The van der Waals surface area contributed by atoms with Gasteiger partial charge in [0.2, 0.25) is 5.91 Å². The molecule has 2 aliphatic rings. The number of likely N-dealkylation sites (tertiary alicyclic amines) is 1. The highest BCUT2D eigenvalue weighted by Gasteiger charge is 2.52. The second-order valence-electron chi connectivity index (χ2n) is 6.13. The highest BCUT2D eigenvalue weighted by atomic mass is 16.2. The molecular formula is C18H21N3O3. The van der Waals surface area contributed by atoms with E-state index in [1.807, 2.05) is 30.3 Å². The number of amides is 4. The van der Waals surface area contributed by atoms with Crippen molar-refractivity contribution in [2.45, 2.75) is 25.3 Å². The molecule has 126 valence electrons. The first-order valence-corrected chi connectivity index (χ1v) is 8.22. The summed E-state index contributed by atoms with van der Waals surface area (Å²) < 4.78 is 0. The van der Waals surface area contributed by atoms with Crippen LogP contribution in [0.15, 0.2) is 36.4 Å². The molecule has 2 heterocycles. The summed E-state index contributed by atoms with van der Waals surface area (Å²) in [5.74, 6) is -0.236. The molecule has 2 aliphatic heterocycles. The number of piperidine rings is 1. The molecule has 0 unspecified atom stereocenters. The molecule has 0 atom stereocenters. The van der Waals surface area contributed by atoms with Gasteiger partial charge in [0, 0.05) is 25.7 Å². The molecule has 3 rings (SSSR count). The number of hydrogen-bond donors (Lipinski definition) is 1. The zero-order valence-electron chi connectivity index (χ0n) is 13.7. The van der Waals surface area contributed by atoms with Gasteiger partial charge in [0.25, 0.3) is 5.91 Å². The monoisotopic (exact) mass is 327 g/mol. The average Bonchev–Trinajstić information content (AvgIpc) is 2.84. The van der Waals surface area contributed by atoms with Crippen LogP contribution in [0.2, 0.25) is 0 Å². The van der Waals surface area contributed by atoms with E-state index in [0.717, 1.165) is 5.56 Å². The minimum atomic E-state index is -0.826. The Kier molecular flexibility index (Phi) is 4.38. The zero-order valence-corrected chi connectivity index (χ0v) is 13.7. The van der Waals surface area contributed by atoms with Gasteiger partial charge in [0.1, 0.15) is 5.54 Å². The lowest BCUT2D eigenvalue weighted by molar-refractivity contribution is -0.136. The number of likely N-dealkylation sites (N-methyl/N-ethyl adjacent to an activating group) is 1. The third-order valence-corrected chi connectivity index (χ3v) is 4.71. The van der Waals surface area contributed by atoms with Gasteiger partial charge in [-0.05, 0) is 31.4 Å². The van der Waals surface area contributed by atoms with E-state index in [2.05, 4.69) is 5.32 Å². The van der Waals surface area contributed by atoms with Crippen LogP contribution in [0.1, 0.15) is 25.3 Å². The molecule has 2 fully saturated rings. The molecule has 1 aromatic rings. The van der Waals surface area contributed by atoms with Gasteiger partial charge in [-0.1, -0.05) is 30.3 Å². The maximum atomic E-state index is 12.4. The summed E-state index contributed by atoms with van der Waals surface area (Å²) in [4.78, 5) is 39.6. The number of imide groups is 1. The first kappa shape index (κ1) is 16.2. The molecule has 0 aromatic heterocycles. The summed E-state index contributed by atoms with van der Waals surface area (Å²) in [6.45, 7) is 3.07. The van der Waals surface area contributed by atoms with Crippen molar-refractivity contribution in [2.75, 3.05) is 19.6 Å². The van der Waals surface area contributed by atoms with Gasteiger partial charge < -0.3 is 10.2 Å². The molecule has 2 saturated heterocycles. The minimum absolute atomic E-state index is 0.0715. The molecule has 1 aromatic carbocycles. The third kappa shape index (κ3) is 2.91. The predicted octanol–water partition coefficient (Wildman–Crippen LogP) is 1.63.